The van der Waals surface area contributed by atoms with Gasteiger partial charge >= 0.3 is 0 Å². The van der Waals surface area contributed by atoms with Crippen molar-refractivity contribution in [2.45, 2.75) is 4.90 Å². The Morgan fingerprint density at radius 1 is 0.941 bits per heavy atom. The van der Waals surface area contributed by atoms with E-state index >= 15 is 0 Å². The third-order valence-corrected chi connectivity index (χ3v) is 3.30. The summed E-state index contributed by atoms with van der Waals surface area (Å²) < 4.78 is 0. The van der Waals surface area contributed by atoms with Gasteiger partial charge in [0.15, 0.2) is 0 Å². The Hall–Kier alpha value is -1.74. The maximum Gasteiger partial charge on any atom is 0.0538 e. The lowest BCUT2D eigenvalue weighted by Gasteiger charge is -2.03. The van der Waals surface area contributed by atoms with E-state index in [-0.39, 0.29) is 0 Å². The number of hydrogen-bond acceptors (Lipinski definition) is 3. The summed E-state index contributed by atoms with van der Waals surface area (Å²) in [4.78, 5) is 1.28. The topological polar surface area (TPSA) is 38.4 Å². The molecule has 0 aliphatic carbocycles. The molecule has 0 bridgehead atoms. The summed E-state index contributed by atoms with van der Waals surface area (Å²) in [6, 6.07) is 16.7. The molecule has 0 spiro atoms. The Morgan fingerprint density at radius 2 is 1.47 bits per heavy atom. The van der Waals surface area contributed by atoms with Crippen LogP contribution in [-0.4, -0.2) is 12.5 Å². The fourth-order valence-electron chi connectivity index (χ4n) is 1.63. The number of hydrogen-bond donors (Lipinski definition) is 1. The Bertz CT molecular complexity index is 501. The monoisotopic (exact) mass is 242 g/mol. The predicted octanol–water partition coefficient (Wildman–Crippen LogP) is 3.37. The van der Waals surface area contributed by atoms with E-state index in [9.17, 15) is 0 Å². The molecule has 86 valence electrons. The van der Waals surface area contributed by atoms with Gasteiger partial charge < -0.3 is 5.84 Å². The number of rotatable bonds is 3. The van der Waals surface area contributed by atoms with Gasteiger partial charge in [0.25, 0.3) is 0 Å². The number of nitrogens with two attached hydrogens (primary N) is 1. The first kappa shape index (κ1) is 11.7. The SMILES string of the molecule is CSc1ccc(-c2ccc(C=NN)cc2)cc1. The summed E-state index contributed by atoms with van der Waals surface area (Å²) in [7, 11) is 0. The third kappa shape index (κ3) is 2.88. The molecule has 2 nitrogen and oxygen atoms in total. The van der Waals surface area contributed by atoms with Gasteiger partial charge in [-0.3, -0.25) is 0 Å². The molecule has 0 aliphatic heterocycles. The van der Waals surface area contributed by atoms with E-state index in [0.29, 0.717) is 0 Å². The second-order valence-electron chi connectivity index (χ2n) is 3.63. The predicted molar refractivity (Wildman–Crippen MR) is 75.4 cm³/mol. The molecule has 0 fully saturated rings. The molecule has 2 aromatic carbocycles. The quantitative estimate of drug-likeness (QED) is 0.388. The molecule has 0 saturated heterocycles. The van der Waals surface area contributed by atoms with E-state index in [1.165, 1.54) is 16.0 Å². The van der Waals surface area contributed by atoms with Crippen LogP contribution >= 0.6 is 11.8 Å². The number of nitrogens with zero attached hydrogens (tertiary/aromatic N) is 1. The number of hydrazone groups is 1. The van der Waals surface area contributed by atoms with Gasteiger partial charge in [-0.05, 0) is 35.1 Å². The van der Waals surface area contributed by atoms with Crippen LogP contribution in [0.1, 0.15) is 5.56 Å². The van der Waals surface area contributed by atoms with Crippen LogP contribution in [0.3, 0.4) is 0 Å². The molecule has 0 unspecified atom stereocenters. The van der Waals surface area contributed by atoms with Gasteiger partial charge in [0, 0.05) is 4.90 Å². The van der Waals surface area contributed by atoms with Gasteiger partial charge in [-0.2, -0.15) is 5.10 Å². The van der Waals surface area contributed by atoms with E-state index in [1.807, 2.05) is 12.1 Å². The molecule has 0 radical (unpaired) electrons. The molecular weight excluding hydrogens is 228 g/mol. The number of benzene rings is 2. The first-order valence-corrected chi connectivity index (χ1v) is 6.53. The molecule has 0 aromatic heterocycles. The highest BCUT2D eigenvalue weighted by atomic mass is 32.2. The average molecular weight is 242 g/mol. The highest BCUT2D eigenvalue weighted by Crippen LogP contribution is 2.23. The van der Waals surface area contributed by atoms with Crippen molar-refractivity contribution >= 4 is 18.0 Å². The van der Waals surface area contributed by atoms with E-state index in [1.54, 1.807) is 18.0 Å². The average Bonchev–Trinajstić information content (AvgIpc) is 2.40. The van der Waals surface area contributed by atoms with Crippen molar-refractivity contribution in [2.75, 3.05) is 6.26 Å². The van der Waals surface area contributed by atoms with Crippen molar-refractivity contribution in [2.24, 2.45) is 10.9 Å². The van der Waals surface area contributed by atoms with Crippen LogP contribution in [0.2, 0.25) is 0 Å². The lowest BCUT2D eigenvalue weighted by molar-refractivity contribution is 1.26. The van der Waals surface area contributed by atoms with Crippen LogP contribution in [0.25, 0.3) is 11.1 Å². The molecular formula is C14H14N2S. The maximum absolute atomic E-state index is 5.11. The van der Waals surface area contributed by atoms with E-state index < -0.39 is 0 Å². The Morgan fingerprint density at radius 3 is 1.94 bits per heavy atom. The van der Waals surface area contributed by atoms with E-state index in [0.717, 1.165) is 5.56 Å². The second-order valence-corrected chi connectivity index (χ2v) is 4.51. The van der Waals surface area contributed by atoms with E-state index in [4.69, 9.17) is 5.84 Å². The molecule has 0 saturated carbocycles. The summed E-state index contributed by atoms with van der Waals surface area (Å²) in [5, 5.41) is 3.50. The first-order valence-electron chi connectivity index (χ1n) is 5.31. The summed E-state index contributed by atoms with van der Waals surface area (Å²) in [5.41, 5.74) is 3.43. The molecule has 3 heteroatoms. The van der Waals surface area contributed by atoms with Crippen molar-refractivity contribution in [3.8, 4) is 11.1 Å². The third-order valence-electron chi connectivity index (χ3n) is 2.56. The lowest BCUT2D eigenvalue weighted by atomic mass is 10.0. The van der Waals surface area contributed by atoms with Gasteiger partial charge in [-0.25, -0.2) is 0 Å². The zero-order chi connectivity index (χ0) is 12.1. The van der Waals surface area contributed by atoms with Crippen LogP contribution in [0.4, 0.5) is 0 Å². The molecule has 0 amide bonds. The summed E-state index contributed by atoms with van der Waals surface area (Å²) >= 11 is 1.75. The summed E-state index contributed by atoms with van der Waals surface area (Å²) in [6.45, 7) is 0. The Kier molecular flexibility index (Phi) is 3.83. The van der Waals surface area contributed by atoms with Crippen LogP contribution in [-0.2, 0) is 0 Å². The minimum Gasteiger partial charge on any atom is -0.323 e. The molecule has 0 heterocycles. The van der Waals surface area contributed by atoms with Crippen molar-refractivity contribution < 1.29 is 0 Å². The fourth-order valence-corrected chi connectivity index (χ4v) is 2.04. The minimum atomic E-state index is 1.01. The maximum atomic E-state index is 5.11. The highest BCUT2D eigenvalue weighted by molar-refractivity contribution is 7.98. The first-order chi connectivity index (χ1) is 8.33. The molecule has 2 N–H and O–H groups in total. The van der Waals surface area contributed by atoms with Crippen molar-refractivity contribution in [3.63, 3.8) is 0 Å². The normalized spacial score (nSPS) is 10.9. The van der Waals surface area contributed by atoms with Gasteiger partial charge in [-0.1, -0.05) is 36.4 Å². The lowest BCUT2D eigenvalue weighted by Crippen LogP contribution is -1.86. The summed E-state index contributed by atoms with van der Waals surface area (Å²) in [5.74, 6) is 5.11. The second kappa shape index (κ2) is 5.55. The molecule has 0 atom stereocenters. The standard InChI is InChI=1S/C14H14N2S/c1-17-14-8-6-13(7-9-14)12-4-2-11(3-5-12)10-16-15/h2-10H,15H2,1H3. The Labute approximate surface area is 106 Å². The summed E-state index contributed by atoms with van der Waals surface area (Å²) in [6.07, 6.45) is 3.72. The van der Waals surface area contributed by atoms with Gasteiger partial charge in [-0.15, -0.1) is 11.8 Å². The van der Waals surface area contributed by atoms with Gasteiger partial charge in [0.1, 0.15) is 0 Å². The van der Waals surface area contributed by atoms with Gasteiger partial charge in [0.05, 0.1) is 6.21 Å². The highest BCUT2D eigenvalue weighted by Gasteiger charge is 1.97. The molecule has 2 aromatic rings. The number of thioether (sulfide) groups is 1. The molecule has 17 heavy (non-hydrogen) atoms. The smallest absolute Gasteiger partial charge is 0.0538 e. The largest absolute Gasteiger partial charge is 0.323 e. The van der Waals surface area contributed by atoms with Crippen LogP contribution < -0.4 is 5.84 Å². The Balaban J connectivity index is 2.26. The van der Waals surface area contributed by atoms with Crippen molar-refractivity contribution in [1.82, 2.24) is 0 Å². The van der Waals surface area contributed by atoms with Crippen LogP contribution in [0.15, 0.2) is 58.5 Å². The van der Waals surface area contributed by atoms with Crippen molar-refractivity contribution in [3.05, 3.63) is 54.1 Å². The zero-order valence-corrected chi connectivity index (χ0v) is 10.4. The van der Waals surface area contributed by atoms with Crippen LogP contribution in [0, 0.1) is 0 Å². The van der Waals surface area contributed by atoms with Crippen LogP contribution in [0.5, 0.6) is 0 Å². The molecule has 2 rings (SSSR count). The molecule has 0 aliphatic rings. The minimum absolute atomic E-state index is 1.01. The zero-order valence-electron chi connectivity index (χ0n) is 9.63. The fraction of sp³-hybridized carbons (Fsp3) is 0.0714. The van der Waals surface area contributed by atoms with Gasteiger partial charge in [0.2, 0.25) is 0 Å². The van der Waals surface area contributed by atoms with Crippen molar-refractivity contribution in [1.29, 1.82) is 0 Å². The van der Waals surface area contributed by atoms with E-state index in [2.05, 4.69) is 47.8 Å².